The van der Waals surface area contributed by atoms with Gasteiger partial charge < -0.3 is 59.8 Å². The molecule has 0 saturated heterocycles. The number of hydrogen-bond acceptors (Lipinski definition) is 16. The fourth-order valence-corrected chi connectivity index (χ4v) is 10.4. The van der Waals surface area contributed by atoms with Gasteiger partial charge in [0.15, 0.2) is 23.1 Å². The molecule has 0 aromatic heterocycles. The first-order valence-corrected chi connectivity index (χ1v) is 32.0. The smallest absolute Gasteiger partial charge is 0.185 e. The molecule has 0 bridgehead atoms. The standard InChI is InChI=1S/2C22H26O4.C20H22O4.C17H16O4/c1-13(2)18-12-19(14(3)4)22(26-5)17(21(18)25)10-11-20(24)15-6-8-16(23)9-7-15;1-4-6-16-14-17(7-5-2)22(26-3)19(21(16)25)12-13-20(24)15-8-10-18(23)11-9-15;1-4-13-12-14(5-2)20(24-3)17(19(13)23)10-11-18(22)15-6-8-16(21)9-7-15;1-11-3-10-16(21-2)14(17(11)20)8-9-15(19)12-4-6-13(18)7-5-12/h6-14,23,25H,1-5H3;8-14,23,25H,4-7H2,1-3H3;6-12,21,23H,4-5H2,1-3H3;3-10,18,20H,1-2H3. The minimum atomic E-state index is -0.224. The highest BCUT2D eigenvalue weighted by molar-refractivity contribution is 6.09. The van der Waals surface area contributed by atoms with E-state index in [0.29, 0.717) is 79.5 Å². The van der Waals surface area contributed by atoms with Gasteiger partial charge >= 0.3 is 0 Å². The van der Waals surface area contributed by atoms with Crippen LogP contribution in [0, 0.1) is 6.92 Å². The van der Waals surface area contributed by atoms with Crippen molar-refractivity contribution in [1.29, 1.82) is 0 Å². The normalized spacial score (nSPS) is 11.1. The van der Waals surface area contributed by atoms with Crippen LogP contribution in [0.15, 0.2) is 152 Å². The van der Waals surface area contributed by atoms with Crippen molar-refractivity contribution in [1.82, 2.24) is 0 Å². The third-order valence-electron chi connectivity index (χ3n) is 15.7. The van der Waals surface area contributed by atoms with Gasteiger partial charge in [0.25, 0.3) is 0 Å². The molecule has 8 rings (SSSR count). The Hall–Kier alpha value is -11.0. The summed E-state index contributed by atoms with van der Waals surface area (Å²) in [5.41, 5.74) is 10.1. The maximum Gasteiger partial charge on any atom is 0.185 e. The Bertz CT molecular complexity index is 4110. The van der Waals surface area contributed by atoms with Gasteiger partial charge in [-0.2, -0.15) is 0 Å². The first kappa shape index (κ1) is 76.7. The summed E-state index contributed by atoms with van der Waals surface area (Å²) < 4.78 is 21.7. The minimum absolute atomic E-state index is 0.0871. The van der Waals surface area contributed by atoms with Crippen LogP contribution in [0.2, 0.25) is 0 Å². The first-order valence-electron chi connectivity index (χ1n) is 32.0. The average Bonchev–Trinajstić information content (AvgIpc) is 0.808. The summed E-state index contributed by atoms with van der Waals surface area (Å²) in [4.78, 5) is 49.1. The van der Waals surface area contributed by atoms with Gasteiger partial charge in [-0.25, -0.2) is 0 Å². The maximum atomic E-state index is 12.4. The van der Waals surface area contributed by atoms with Crippen molar-refractivity contribution in [2.24, 2.45) is 0 Å². The Morgan fingerprint density at radius 3 is 1.03 bits per heavy atom. The maximum absolute atomic E-state index is 12.4. The summed E-state index contributed by atoms with van der Waals surface area (Å²) in [5, 5.41) is 79.1. The van der Waals surface area contributed by atoms with Crippen LogP contribution in [0.3, 0.4) is 0 Å². The van der Waals surface area contributed by atoms with Crippen LogP contribution in [0.25, 0.3) is 24.3 Å². The van der Waals surface area contributed by atoms with Gasteiger partial charge in [-0.3, -0.25) is 19.2 Å². The average molecular weight is 1320 g/mol. The van der Waals surface area contributed by atoms with E-state index in [-0.39, 0.29) is 81.0 Å². The van der Waals surface area contributed by atoms with Crippen LogP contribution < -0.4 is 18.9 Å². The molecule has 0 aliphatic carbocycles. The number of rotatable bonds is 24. The van der Waals surface area contributed by atoms with Gasteiger partial charge in [-0.1, -0.05) is 74.3 Å². The summed E-state index contributed by atoms with van der Waals surface area (Å²) in [7, 11) is 6.20. The second-order valence-electron chi connectivity index (χ2n) is 23.2. The number of carbonyl (C=O) groups is 4. The highest BCUT2D eigenvalue weighted by Crippen LogP contribution is 2.43. The Balaban J connectivity index is 0.000000234. The molecule has 0 heterocycles. The van der Waals surface area contributed by atoms with Crippen molar-refractivity contribution in [3.05, 3.63) is 235 Å². The topological polar surface area (TPSA) is 267 Å². The van der Waals surface area contributed by atoms with Gasteiger partial charge in [0, 0.05) is 22.3 Å². The van der Waals surface area contributed by atoms with E-state index in [2.05, 4.69) is 27.7 Å². The van der Waals surface area contributed by atoms with Crippen LogP contribution in [-0.4, -0.2) is 92.4 Å². The van der Waals surface area contributed by atoms with E-state index in [1.54, 1.807) is 95.0 Å². The summed E-state index contributed by atoms with van der Waals surface area (Å²) in [6.07, 6.45) is 16.9. The number of phenolic OH excluding ortho intramolecular Hbond substituents is 8. The second kappa shape index (κ2) is 37.2. The predicted octanol–water partition coefficient (Wildman–Crippen LogP) is 17.6. The summed E-state index contributed by atoms with van der Waals surface area (Å²) in [6.45, 7) is 18.1. The Morgan fingerprint density at radius 2 is 0.691 bits per heavy atom. The monoisotopic (exact) mass is 1320 g/mol. The van der Waals surface area contributed by atoms with Crippen molar-refractivity contribution < 1.29 is 79.0 Å². The molecule has 0 unspecified atom stereocenters. The SMILES string of the molecule is CCCc1cc(CCC)c(OC)c(C=CC(=O)c2ccc(O)cc2)c1O.CCc1cc(CC)c(OC)c(C=CC(=O)c2ccc(O)cc2)c1O.COc1c(C(C)C)cc(C(C)C)c(O)c1C=CC(=O)c1ccc(O)cc1.COc1ccc(C)c(O)c1C=CC(=O)c1ccc(O)cc1. The van der Waals surface area contributed by atoms with Crippen LogP contribution in [-0.2, 0) is 25.7 Å². The number of phenols is 8. The lowest BCUT2D eigenvalue weighted by Crippen LogP contribution is -2.02. The largest absolute Gasteiger partial charge is 0.508 e. The number of ketones is 4. The van der Waals surface area contributed by atoms with Crippen molar-refractivity contribution in [3.8, 4) is 69.0 Å². The lowest BCUT2D eigenvalue weighted by atomic mass is 9.90. The molecule has 16 heteroatoms. The number of carbonyl (C=O) groups excluding carboxylic acids is 4. The van der Waals surface area contributed by atoms with Gasteiger partial charge in [0.05, 0.1) is 50.7 Å². The predicted molar refractivity (Wildman–Crippen MR) is 384 cm³/mol. The van der Waals surface area contributed by atoms with E-state index in [0.717, 1.165) is 65.5 Å². The number of allylic oxidation sites excluding steroid dienone is 4. The summed E-state index contributed by atoms with van der Waals surface area (Å²) in [5.74, 6) is 2.72. The zero-order chi connectivity index (χ0) is 71.6. The zero-order valence-corrected chi connectivity index (χ0v) is 57.5. The molecule has 0 fully saturated rings. The molecule has 0 radical (unpaired) electrons. The molecule has 8 N–H and O–H groups in total. The second-order valence-corrected chi connectivity index (χ2v) is 23.2. The van der Waals surface area contributed by atoms with E-state index in [1.165, 1.54) is 98.2 Å². The number of aromatic hydroxyl groups is 8. The van der Waals surface area contributed by atoms with Crippen LogP contribution in [0.1, 0.15) is 183 Å². The molecule has 97 heavy (non-hydrogen) atoms. The molecular weight excluding hydrogens is 1230 g/mol. The van der Waals surface area contributed by atoms with Crippen LogP contribution >= 0.6 is 0 Å². The molecule has 0 saturated carbocycles. The van der Waals surface area contributed by atoms with Gasteiger partial charge in [-0.15, -0.1) is 0 Å². The van der Waals surface area contributed by atoms with Gasteiger partial charge in [0.1, 0.15) is 69.0 Å². The highest BCUT2D eigenvalue weighted by Gasteiger charge is 2.22. The number of hydrogen-bond donors (Lipinski definition) is 8. The van der Waals surface area contributed by atoms with E-state index in [9.17, 15) is 60.0 Å². The molecule has 8 aromatic carbocycles. The molecule has 0 atom stereocenters. The third-order valence-corrected chi connectivity index (χ3v) is 15.7. The van der Waals surface area contributed by atoms with Gasteiger partial charge in [0.2, 0.25) is 0 Å². The van der Waals surface area contributed by atoms with Gasteiger partial charge in [-0.05, 0) is 253 Å². The molecular formula is C81H90O16. The molecule has 8 aromatic rings. The lowest BCUT2D eigenvalue weighted by Gasteiger charge is -2.20. The summed E-state index contributed by atoms with van der Waals surface area (Å²) >= 11 is 0. The molecule has 0 spiro atoms. The Labute approximate surface area is 569 Å². The number of methoxy groups -OCH3 is 4. The van der Waals surface area contributed by atoms with Crippen molar-refractivity contribution >= 4 is 47.4 Å². The third kappa shape index (κ3) is 20.7. The van der Waals surface area contributed by atoms with Crippen LogP contribution in [0.5, 0.6) is 69.0 Å². The van der Waals surface area contributed by atoms with Crippen molar-refractivity contribution in [2.45, 2.75) is 113 Å². The van der Waals surface area contributed by atoms with E-state index < -0.39 is 0 Å². The number of ether oxygens (including phenoxy) is 4. The van der Waals surface area contributed by atoms with Crippen molar-refractivity contribution in [2.75, 3.05) is 28.4 Å². The first-order chi connectivity index (χ1) is 46.3. The minimum Gasteiger partial charge on any atom is -0.508 e. The molecule has 16 nitrogen and oxygen atoms in total. The number of benzene rings is 8. The van der Waals surface area contributed by atoms with Crippen molar-refractivity contribution in [3.63, 3.8) is 0 Å². The summed E-state index contributed by atoms with van der Waals surface area (Å²) in [6, 6.07) is 33.5. The quantitative estimate of drug-likeness (QED) is 0.0206. The molecule has 0 aliphatic rings. The van der Waals surface area contributed by atoms with E-state index in [4.69, 9.17) is 18.9 Å². The highest BCUT2D eigenvalue weighted by atomic mass is 16.5. The van der Waals surface area contributed by atoms with E-state index >= 15 is 0 Å². The zero-order valence-electron chi connectivity index (χ0n) is 57.5. The lowest BCUT2D eigenvalue weighted by molar-refractivity contribution is 0.103. The van der Waals surface area contributed by atoms with Crippen LogP contribution in [0.4, 0.5) is 0 Å². The van der Waals surface area contributed by atoms with E-state index in [1.807, 2.05) is 45.9 Å². The fraction of sp³-hybridized carbons (Fsp3) is 0.259. The Morgan fingerprint density at radius 1 is 0.361 bits per heavy atom. The fourth-order valence-electron chi connectivity index (χ4n) is 10.4. The number of aryl methyl sites for hydroxylation is 5. The molecule has 0 aliphatic heterocycles. The Kier molecular flexibility index (Phi) is 29.4. The molecule has 510 valence electrons. The molecule has 0 amide bonds.